The molecule has 0 aliphatic heterocycles. The van der Waals surface area contributed by atoms with Gasteiger partial charge in [-0.05, 0) is 35.2 Å². The Bertz CT molecular complexity index is 888. The van der Waals surface area contributed by atoms with Crippen LogP contribution in [-0.2, 0) is 4.79 Å². The van der Waals surface area contributed by atoms with Crippen molar-refractivity contribution in [2.75, 3.05) is 6.61 Å². The molecule has 0 atom stereocenters. The number of amides is 1. The Morgan fingerprint density at radius 2 is 1.58 bits per heavy atom. The van der Waals surface area contributed by atoms with Crippen LogP contribution in [0.3, 0.4) is 0 Å². The first-order valence-electron chi connectivity index (χ1n) is 8.38. The lowest BCUT2D eigenvalue weighted by Gasteiger charge is -2.07. The average molecular weight is 344 g/mol. The molecule has 0 aliphatic carbocycles. The van der Waals surface area contributed by atoms with Gasteiger partial charge in [-0.2, -0.15) is 5.10 Å². The second-order valence-corrected chi connectivity index (χ2v) is 5.84. The van der Waals surface area contributed by atoms with Crippen LogP contribution < -0.4 is 10.2 Å². The van der Waals surface area contributed by atoms with E-state index in [1.165, 1.54) is 0 Å². The van der Waals surface area contributed by atoms with Gasteiger partial charge in [0.25, 0.3) is 5.91 Å². The zero-order chi connectivity index (χ0) is 18.2. The van der Waals surface area contributed by atoms with Crippen LogP contribution in [0.1, 0.15) is 11.1 Å². The van der Waals surface area contributed by atoms with E-state index < -0.39 is 0 Å². The van der Waals surface area contributed by atoms with Crippen LogP contribution in [0, 0.1) is 6.92 Å². The Balaban J connectivity index is 1.50. The highest BCUT2D eigenvalue weighted by atomic mass is 16.5. The maximum absolute atomic E-state index is 11.8. The van der Waals surface area contributed by atoms with E-state index in [2.05, 4.69) is 22.7 Å². The molecule has 3 aromatic rings. The summed E-state index contributed by atoms with van der Waals surface area (Å²) in [5, 5.41) is 3.97. The maximum Gasteiger partial charge on any atom is 0.277 e. The number of carbonyl (C=O) groups excluding carboxylic acids is 1. The molecular formula is C22H20N2O2. The molecule has 0 radical (unpaired) electrons. The van der Waals surface area contributed by atoms with Gasteiger partial charge in [0.1, 0.15) is 5.75 Å². The molecule has 3 aromatic carbocycles. The highest BCUT2D eigenvalue weighted by Gasteiger charge is 2.03. The second-order valence-electron chi connectivity index (χ2n) is 5.84. The van der Waals surface area contributed by atoms with E-state index in [1.54, 1.807) is 6.21 Å². The normalized spacial score (nSPS) is 10.7. The van der Waals surface area contributed by atoms with E-state index >= 15 is 0 Å². The van der Waals surface area contributed by atoms with Crippen molar-refractivity contribution in [3.05, 3.63) is 90.0 Å². The Hall–Kier alpha value is -3.40. The summed E-state index contributed by atoms with van der Waals surface area (Å²) in [4.78, 5) is 11.8. The number of nitrogens with one attached hydrogen (secondary N) is 1. The number of ether oxygens (including phenoxy) is 1. The highest BCUT2D eigenvalue weighted by molar-refractivity contribution is 5.83. The van der Waals surface area contributed by atoms with Crippen molar-refractivity contribution in [1.82, 2.24) is 5.43 Å². The van der Waals surface area contributed by atoms with Crippen molar-refractivity contribution in [2.24, 2.45) is 5.10 Å². The van der Waals surface area contributed by atoms with Gasteiger partial charge in [0, 0.05) is 0 Å². The molecular weight excluding hydrogens is 324 g/mol. The molecule has 0 bridgehead atoms. The number of benzene rings is 3. The molecule has 0 heterocycles. The molecule has 0 aliphatic rings. The number of carbonyl (C=O) groups is 1. The van der Waals surface area contributed by atoms with Crippen molar-refractivity contribution >= 4 is 12.1 Å². The second kappa shape index (κ2) is 8.62. The average Bonchev–Trinajstić information content (AvgIpc) is 2.69. The fourth-order valence-corrected chi connectivity index (χ4v) is 2.46. The maximum atomic E-state index is 11.8. The molecule has 3 rings (SSSR count). The first kappa shape index (κ1) is 17.4. The fourth-order valence-electron chi connectivity index (χ4n) is 2.46. The molecule has 1 N–H and O–H groups in total. The van der Waals surface area contributed by atoms with Crippen molar-refractivity contribution < 1.29 is 9.53 Å². The Morgan fingerprint density at radius 1 is 0.923 bits per heavy atom. The lowest BCUT2D eigenvalue weighted by atomic mass is 10.0. The summed E-state index contributed by atoms with van der Waals surface area (Å²) in [6.45, 7) is 1.86. The molecule has 0 saturated carbocycles. The minimum absolute atomic E-state index is 0.0743. The highest BCUT2D eigenvalue weighted by Crippen LogP contribution is 2.18. The predicted molar refractivity (Wildman–Crippen MR) is 104 cm³/mol. The van der Waals surface area contributed by atoms with Crippen molar-refractivity contribution in [1.29, 1.82) is 0 Å². The van der Waals surface area contributed by atoms with Crippen LogP contribution in [-0.4, -0.2) is 18.7 Å². The number of hydrogen-bond donors (Lipinski definition) is 1. The van der Waals surface area contributed by atoms with E-state index in [-0.39, 0.29) is 12.5 Å². The lowest BCUT2D eigenvalue weighted by Crippen LogP contribution is -2.24. The summed E-state index contributed by atoms with van der Waals surface area (Å²) < 4.78 is 5.48. The summed E-state index contributed by atoms with van der Waals surface area (Å²) in [7, 11) is 0. The van der Waals surface area contributed by atoms with E-state index in [1.807, 2.05) is 73.7 Å². The molecule has 0 fully saturated rings. The van der Waals surface area contributed by atoms with E-state index in [0.717, 1.165) is 22.3 Å². The smallest absolute Gasteiger partial charge is 0.277 e. The third-order valence-corrected chi connectivity index (χ3v) is 3.87. The molecule has 0 saturated heterocycles. The first-order chi connectivity index (χ1) is 12.7. The number of para-hydroxylation sites is 1. The Morgan fingerprint density at radius 3 is 2.31 bits per heavy atom. The summed E-state index contributed by atoms with van der Waals surface area (Å²) in [6.07, 6.45) is 1.61. The standard InChI is InChI=1S/C22H20N2O2/c1-17-7-5-6-10-21(17)26-16-22(25)24-23-15-18-11-13-20(14-12-18)19-8-3-2-4-9-19/h2-15H,16H2,1H3,(H,24,25)/b23-15+. The zero-order valence-corrected chi connectivity index (χ0v) is 14.6. The van der Waals surface area contributed by atoms with E-state index in [4.69, 9.17) is 4.74 Å². The van der Waals surface area contributed by atoms with Crippen LogP contribution in [0.15, 0.2) is 84.0 Å². The predicted octanol–water partition coefficient (Wildman–Crippen LogP) is 4.19. The number of hydrogen-bond acceptors (Lipinski definition) is 3. The number of rotatable bonds is 6. The van der Waals surface area contributed by atoms with Crippen molar-refractivity contribution in [3.63, 3.8) is 0 Å². The van der Waals surface area contributed by atoms with Gasteiger partial charge in [-0.3, -0.25) is 4.79 Å². The quantitative estimate of drug-likeness (QED) is 0.538. The van der Waals surface area contributed by atoms with Gasteiger partial charge in [0.2, 0.25) is 0 Å². The van der Waals surface area contributed by atoms with Gasteiger partial charge in [-0.15, -0.1) is 0 Å². The molecule has 0 unspecified atom stereocenters. The van der Waals surface area contributed by atoms with Gasteiger partial charge >= 0.3 is 0 Å². The van der Waals surface area contributed by atoms with Crippen molar-refractivity contribution in [2.45, 2.75) is 6.92 Å². The number of nitrogens with zero attached hydrogens (tertiary/aromatic N) is 1. The molecule has 1 amide bonds. The number of hydrazone groups is 1. The molecule has 0 aromatic heterocycles. The van der Waals surface area contributed by atoms with Crippen LogP contribution in [0.25, 0.3) is 11.1 Å². The summed E-state index contributed by atoms with van der Waals surface area (Å²) in [5.41, 5.74) is 6.67. The fraction of sp³-hybridized carbons (Fsp3) is 0.0909. The third kappa shape index (κ3) is 4.80. The summed E-state index contributed by atoms with van der Waals surface area (Å²) >= 11 is 0. The monoisotopic (exact) mass is 344 g/mol. The van der Waals surface area contributed by atoms with Gasteiger partial charge < -0.3 is 4.74 Å². The largest absolute Gasteiger partial charge is 0.483 e. The van der Waals surface area contributed by atoms with Gasteiger partial charge in [-0.1, -0.05) is 72.8 Å². The first-order valence-corrected chi connectivity index (χ1v) is 8.38. The lowest BCUT2D eigenvalue weighted by molar-refractivity contribution is -0.123. The van der Waals surface area contributed by atoms with E-state index in [9.17, 15) is 4.79 Å². The van der Waals surface area contributed by atoms with Crippen LogP contribution in [0.5, 0.6) is 5.75 Å². The van der Waals surface area contributed by atoms with E-state index in [0.29, 0.717) is 5.75 Å². The molecule has 0 spiro atoms. The van der Waals surface area contributed by atoms with Crippen molar-refractivity contribution in [3.8, 4) is 16.9 Å². The Labute approximate surface area is 153 Å². The van der Waals surface area contributed by atoms with Crippen LogP contribution in [0.2, 0.25) is 0 Å². The van der Waals surface area contributed by atoms with Gasteiger partial charge in [-0.25, -0.2) is 5.43 Å². The van der Waals surface area contributed by atoms with Crippen LogP contribution >= 0.6 is 0 Å². The summed E-state index contributed by atoms with van der Waals surface area (Å²) in [6, 6.07) is 25.7. The van der Waals surface area contributed by atoms with Crippen LogP contribution in [0.4, 0.5) is 0 Å². The molecule has 26 heavy (non-hydrogen) atoms. The minimum Gasteiger partial charge on any atom is -0.483 e. The molecule has 4 nitrogen and oxygen atoms in total. The zero-order valence-electron chi connectivity index (χ0n) is 14.6. The molecule has 4 heteroatoms. The molecule has 130 valence electrons. The topological polar surface area (TPSA) is 50.7 Å². The Kier molecular flexibility index (Phi) is 5.78. The van der Waals surface area contributed by atoms with Gasteiger partial charge in [0.15, 0.2) is 6.61 Å². The minimum atomic E-state index is -0.301. The SMILES string of the molecule is Cc1ccccc1OCC(=O)N/N=C/c1ccc(-c2ccccc2)cc1. The third-order valence-electron chi connectivity index (χ3n) is 3.87. The summed E-state index contributed by atoms with van der Waals surface area (Å²) in [5.74, 6) is 0.397. The van der Waals surface area contributed by atoms with Gasteiger partial charge in [0.05, 0.1) is 6.21 Å². The number of aryl methyl sites for hydroxylation is 1.